The average molecular weight is 218 g/mol. The Labute approximate surface area is 81.8 Å². The van der Waals surface area contributed by atoms with E-state index in [1.54, 1.807) is 0 Å². The molecule has 1 heterocycles. The summed E-state index contributed by atoms with van der Waals surface area (Å²) in [5.74, 6) is 0. The molecule has 0 radical (unpaired) electrons. The van der Waals surface area contributed by atoms with Crippen molar-refractivity contribution in [2.24, 2.45) is 0 Å². The number of hydrogen-bond donors (Lipinski definition) is 0. The molecule has 6 nitrogen and oxygen atoms in total. The summed E-state index contributed by atoms with van der Waals surface area (Å²) in [6, 6.07) is 1.28. The van der Waals surface area contributed by atoms with Crippen LogP contribution in [0.4, 0.5) is 0 Å². The van der Waals surface area contributed by atoms with Crippen LogP contribution in [0.5, 0.6) is 0 Å². The van der Waals surface area contributed by atoms with Crippen LogP contribution in [0.3, 0.4) is 0 Å². The fraction of sp³-hybridized carbons (Fsp3) is 0.429. The first-order chi connectivity index (χ1) is 6.62. The molecular weight excluding hydrogens is 208 g/mol. The summed E-state index contributed by atoms with van der Waals surface area (Å²) in [7, 11) is -1.21. The number of hydrogen-bond acceptors (Lipinski definition) is 6. The van der Waals surface area contributed by atoms with Crippen molar-refractivity contribution in [3.8, 4) is 0 Å². The highest BCUT2D eigenvalue weighted by Crippen LogP contribution is 2.13. The van der Waals surface area contributed by atoms with Gasteiger partial charge in [0, 0.05) is 20.4 Å². The molecule has 0 bridgehead atoms. The molecule has 0 amide bonds. The van der Waals surface area contributed by atoms with Gasteiger partial charge in [0.05, 0.1) is 0 Å². The van der Waals surface area contributed by atoms with Crippen molar-refractivity contribution >= 4 is 9.84 Å². The number of ether oxygens (including phenoxy) is 2. The zero-order chi connectivity index (χ0) is 10.6. The van der Waals surface area contributed by atoms with E-state index in [0.717, 1.165) is 6.33 Å². The van der Waals surface area contributed by atoms with Gasteiger partial charge >= 0.3 is 0 Å². The normalized spacial score (nSPS) is 11.9. The number of rotatable bonds is 4. The Kier molecular flexibility index (Phi) is 3.50. The second-order valence-electron chi connectivity index (χ2n) is 2.35. The molecular formula is C7H10N2O4S. The maximum Gasteiger partial charge on any atom is 0.268 e. The lowest BCUT2D eigenvalue weighted by atomic mass is 10.7. The highest BCUT2D eigenvalue weighted by Gasteiger charge is 2.28. The Morgan fingerprint density at radius 1 is 1.36 bits per heavy atom. The van der Waals surface area contributed by atoms with Crippen molar-refractivity contribution in [1.82, 2.24) is 9.97 Å². The van der Waals surface area contributed by atoms with Crippen molar-refractivity contribution in [2.45, 2.75) is 10.6 Å². The van der Waals surface area contributed by atoms with E-state index in [1.807, 2.05) is 0 Å². The van der Waals surface area contributed by atoms with E-state index in [1.165, 1.54) is 26.5 Å². The first-order valence-electron chi connectivity index (χ1n) is 3.68. The van der Waals surface area contributed by atoms with Crippen LogP contribution < -0.4 is 0 Å². The lowest BCUT2D eigenvalue weighted by Crippen LogP contribution is -2.26. The lowest BCUT2D eigenvalue weighted by Gasteiger charge is -2.12. The molecule has 0 spiro atoms. The smallest absolute Gasteiger partial charge is 0.268 e. The maximum atomic E-state index is 11.7. The van der Waals surface area contributed by atoms with E-state index in [2.05, 4.69) is 19.4 Å². The molecule has 78 valence electrons. The van der Waals surface area contributed by atoms with E-state index >= 15 is 0 Å². The van der Waals surface area contributed by atoms with Gasteiger partial charge in [0.15, 0.2) is 5.03 Å². The molecule has 0 atom stereocenters. The van der Waals surface area contributed by atoms with E-state index in [-0.39, 0.29) is 5.03 Å². The van der Waals surface area contributed by atoms with Gasteiger partial charge in [-0.15, -0.1) is 0 Å². The monoisotopic (exact) mass is 218 g/mol. The highest BCUT2D eigenvalue weighted by molar-refractivity contribution is 7.91. The lowest BCUT2D eigenvalue weighted by molar-refractivity contribution is -0.0416. The van der Waals surface area contributed by atoms with Crippen molar-refractivity contribution < 1.29 is 17.9 Å². The van der Waals surface area contributed by atoms with Crippen molar-refractivity contribution in [1.29, 1.82) is 0 Å². The van der Waals surface area contributed by atoms with Gasteiger partial charge in [-0.05, 0) is 6.07 Å². The minimum Gasteiger partial charge on any atom is -0.343 e. The SMILES string of the molecule is COC(OC)S(=O)(=O)c1ccncn1. The molecule has 0 N–H and O–H groups in total. The average Bonchev–Trinajstić information content (AvgIpc) is 2.20. The number of aromatic nitrogens is 2. The van der Waals surface area contributed by atoms with E-state index < -0.39 is 15.5 Å². The third-order valence-electron chi connectivity index (χ3n) is 1.48. The van der Waals surface area contributed by atoms with Crippen LogP contribution in [0, 0.1) is 0 Å². The summed E-state index contributed by atoms with van der Waals surface area (Å²) in [4.78, 5) is 7.22. The van der Waals surface area contributed by atoms with Crippen molar-refractivity contribution in [2.75, 3.05) is 14.2 Å². The van der Waals surface area contributed by atoms with Crippen LogP contribution in [-0.4, -0.2) is 38.2 Å². The molecule has 1 aromatic heterocycles. The highest BCUT2D eigenvalue weighted by atomic mass is 32.2. The summed E-state index contributed by atoms with van der Waals surface area (Å²) in [6.07, 6.45) is 2.48. The quantitative estimate of drug-likeness (QED) is 0.515. The van der Waals surface area contributed by atoms with Gasteiger partial charge in [0.2, 0.25) is 9.84 Å². The van der Waals surface area contributed by atoms with Crippen LogP contribution >= 0.6 is 0 Å². The zero-order valence-electron chi connectivity index (χ0n) is 7.75. The number of methoxy groups -OCH3 is 2. The second kappa shape index (κ2) is 4.45. The third kappa shape index (κ3) is 2.06. The zero-order valence-corrected chi connectivity index (χ0v) is 8.56. The van der Waals surface area contributed by atoms with Gasteiger partial charge in [0.1, 0.15) is 6.33 Å². The maximum absolute atomic E-state index is 11.7. The third-order valence-corrected chi connectivity index (χ3v) is 3.20. The summed E-state index contributed by atoms with van der Waals surface area (Å²) in [5, 5.41) is -0.124. The molecule has 0 saturated carbocycles. The van der Waals surface area contributed by atoms with Crippen LogP contribution in [0.25, 0.3) is 0 Å². The van der Waals surface area contributed by atoms with Gasteiger partial charge in [0.25, 0.3) is 5.62 Å². The molecule has 14 heavy (non-hydrogen) atoms. The standard InChI is InChI=1S/C7H10N2O4S/c1-12-7(13-2)14(10,11)6-3-4-8-5-9-6/h3-5,7H,1-2H3. The molecule has 0 unspecified atom stereocenters. The van der Waals surface area contributed by atoms with Gasteiger partial charge < -0.3 is 9.47 Å². The summed E-state index contributed by atoms with van der Waals surface area (Å²) < 4.78 is 32.6. The van der Waals surface area contributed by atoms with E-state index in [9.17, 15) is 8.42 Å². The molecule has 1 rings (SSSR count). The predicted octanol–water partition coefficient (Wildman–Crippen LogP) is -0.173. The van der Waals surface area contributed by atoms with Crippen molar-refractivity contribution in [3.63, 3.8) is 0 Å². The first-order valence-corrected chi connectivity index (χ1v) is 5.23. The van der Waals surface area contributed by atoms with Crippen LogP contribution in [0.2, 0.25) is 0 Å². The Morgan fingerprint density at radius 2 is 2.00 bits per heavy atom. The van der Waals surface area contributed by atoms with E-state index in [4.69, 9.17) is 0 Å². The molecule has 0 fully saturated rings. The summed E-state index contributed by atoms with van der Waals surface area (Å²) in [5.41, 5.74) is -1.34. The van der Waals surface area contributed by atoms with Gasteiger partial charge in [-0.3, -0.25) is 0 Å². The Hall–Kier alpha value is -1.05. The van der Waals surface area contributed by atoms with Crippen LogP contribution in [0.1, 0.15) is 0 Å². The molecule has 0 aliphatic carbocycles. The largest absolute Gasteiger partial charge is 0.343 e. The Bertz CT molecular complexity index is 374. The van der Waals surface area contributed by atoms with Crippen LogP contribution in [-0.2, 0) is 19.3 Å². The van der Waals surface area contributed by atoms with Crippen molar-refractivity contribution in [3.05, 3.63) is 18.6 Å². The molecule has 1 aromatic rings. The Morgan fingerprint density at radius 3 is 2.43 bits per heavy atom. The van der Waals surface area contributed by atoms with Crippen LogP contribution in [0.15, 0.2) is 23.6 Å². The van der Waals surface area contributed by atoms with Gasteiger partial charge in [-0.25, -0.2) is 18.4 Å². The van der Waals surface area contributed by atoms with Gasteiger partial charge in [-0.2, -0.15) is 0 Å². The molecule has 0 aliphatic rings. The first kappa shape index (κ1) is 11.0. The molecule has 0 aliphatic heterocycles. The predicted molar refractivity (Wildman–Crippen MR) is 47.0 cm³/mol. The van der Waals surface area contributed by atoms with E-state index in [0.29, 0.717) is 0 Å². The van der Waals surface area contributed by atoms with Gasteiger partial charge in [-0.1, -0.05) is 0 Å². The fourth-order valence-corrected chi connectivity index (χ4v) is 2.04. The Balaban J connectivity index is 3.08. The molecule has 7 heteroatoms. The fourth-order valence-electron chi connectivity index (χ4n) is 0.895. The molecule has 0 aromatic carbocycles. The minimum atomic E-state index is -3.70. The second-order valence-corrected chi connectivity index (χ2v) is 4.25. The summed E-state index contributed by atoms with van der Waals surface area (Å²) in [6.45, 7) is 0. The number of sulfone groups is 1. The minimum absolute atomic E-state index is 0.124. The summed E-state index contributed by atoms with van der Waals surface area (Å²) >= 11 is 0. The number of nitrogens with zero attached hydrogens (tertiary/aromatic N) is 2. The topological polar surface area (TPSA) is 78.4 Å². The molecule has 0 saturated heterocycles.